The van der Waals surface area contributed by atoms with Gasteiger partial charge in [-0.05, 0) is 31.2 Å². The number of fused-ring (bicyclic) bond motifs is 2. The molecule has 6 heteroatoms. The van der Waals surface area contributed by atoms with Gasteiger partial charge in [0, 0.05) is 17.8 Å². The van der Waals surface area contributed by atoms with Gasteiger partial charge in [-0.3, -0.25) is 0 Å². The molecule has 6 nitrogen and oxygen atoms in total. The van der Waals surface area contributed by atoms with Crippen LogP contribution in [-0.4, -0.2) is 23.0 Å². The van der Waals surface area contributed by atoms with Crippen molar-refractivity contribution in [2.75, 3.05) is 19.1 Å². The van der Waals surface area contributed by atoms with Crippen molar-refractivity contribution in [3.8, 4) is 17.2 Å². The molecule has 0 bridgehead atoms. The summed E-state index contributed by atoms with van der Waals surface area (Å²) in [6.45, 7) is 3.49. The summed E-state index contributed by atoms with van der Waals surface area (Å²) in [5, 5.41) is 0. The Bertz CT molecular complexity index is 856. The number of benzene rings is 2. The van der Waals surface area contributed by atoms with Crippen molar-refractivity contribution in [3.63, 3.8) is 0 Å². The molecule has 118 valence electrons. The van der Waals surface area contributed by atoms with Crippen LogP contribution >= 0.6 is 0 Å². The predicted octanol–water partition coefficient (Wildman–Crippen LogP) is 2.73. The molecule has 0 aliphatic carbocycles. The molecule has 0 radical (unpaired) electrons. The zero-order valence-electron chi connectivity index (χ0n) is 12.8. The van der Waals surface area contributed by atoms with Crippen molar-refractivity contribution in [1.29, 1.82) is 0 Å². The number of rotatable bonds is 4. The second kappa shape index (κ2) is 5.39. The largest absolute Gasteiger partial charge is 0.492 e. The van der Waals surface area contributed by atoms with Crippen LogP contribution in [0.4, 0.5) is 5.69 Å². The Kier molecular flexibility index (Phi) is 3.22. The molecular formula is C17H17N3O3. The molecule has 4 rings (SSSR count). The van der Waals surface area contributed by atoms with Gasteiger partial charge in [-0.15, -0.1) is 0 Å². The highest BCUT2D eigenvalue weighted by Crippen LogP contribution is 2.36. The third kappa shape index (κ3) is 2.52. The zero-order valence-corrected chi connectivity index (χ0v) is 12.8. The molecular weight excluding hydrogens is 294 g/mol. The van der Waals surface area contributed by atoms with Gasteiger partial charge in [0.2, 0.25) is 6.79 Å². The van der Waals surface area contributed by atoms with Crippen molar-refractivity contribution in [2.24, 2.45) is 0 Å². The van der Waals surface area contributed by atoms with E-state index in [-0.39, 0.29) is 6.79 Å². The lowest BCUT2D eigenvalue weighted by molar-refractivity contribution is 0.174. The van der Waals surface area contributed by atoms with Crippen LogP contribution in [0, 0.1) is 6.92 Å². The quantitative estimate of drug-likeness (QED) is 0.750. The summed E-state index contributed by atoms with van der Waals surface area (Å²) in [4.78, 5) is 4.58. The first-order chi connectivity index (χ1) is 11.2. The van der Waals surface area contributed by atoms with E-state index in [1.54, 1.807) is 0 Å². The highest BCUT2D eigenvalue weighted by atomic mass is 16.7. The fourth-order valence-corrected chi connectivity index (χ4v) is 2.74. The fraction of sp³-hybridized carbons (Fsp3) is 0.235. The molecule has 0 unspecified atom stereocenters. The zero-order chi connectivity index (χ0) is 15.8. The molecule has 23 heavy (non-hydrogen) atoms. The lowest BCUT2D eigenvalue weighted by Gasteiger charge is -2.09. The fourth-order valence-electron chi connectivity index (χ4n) is 2.74. The smallest absolute Gasteiger partial charge is 0.231 e. The van der Waals surface area contributed by atoms with Crippen LogP contribution in [0.25, 0.3) is 11.0 Å². The molecule has 2 N–H and O–H groups in total. The summed E-state index contributed by atoms with van der Waals surface area (Å²) in [6.07, 6.45) is 0. The van der Waals surface area contributed by atoms with Crippen LogP contribution in [0.5, 0.6) is 17.2 Å². The van der Waals surface area contributed by atoms with Gasteiger partial charge in [0.05, 0.1) is 17.6 Å². The molecule has 1 aliphatic rings. The molecule has 2 aromatic carbocycles. The Morgan fingerprint density at radius 1 is 1.17 bits per heavy atom. The average Bonchev–Trinajstić information content (AvgIpc) is 3.11. The Balaban J connectivity index is 1.54. The average molecular weight is 311 g/mol. The number of aryl methyl sites for hydroxylation is 1. The maximum Gasteiger partial charge on any atom is 0.231 e. The first-order valence-electron chi connectivity index (χ1n) is 7.45. The highest BCUT2D eigenvalue weighted by molar-refractivity contribution is 5.81. The van der Waals surface area contributed by atoms with Crippen LogP contribution in [-0.2, 0) is 6.54 Å². The van der Waals surface area contributed by atoms with Crippen molar-refractivity contribution >= 4 is 16.7 Å². The van der Waals surface area contributed by atoms with Gasteiger partial charge in [-0.1, -0.05) is 0 Å². The molecule has 1 aliphatic heterocycles. The van der Waals surface area contributed by atoms with Gasteiger partial charge >= 0.3 is 0 Å². The first kappa shape index (κ1) is 13.8. The Morgan fingerprint density at radius 2 is 1.91 bits per heavy atom. The SMILES string of the molecule is Cc1nc2cc3c(cc2n1CCOc1ccc(N)cc1)OCO3. The number of aromatic nitrogens is 2. The van der Waals surface area contributed by atoms with Crippen LogP contribution in [0.1, 0.15) is 5.82 Å². The van der Waals surface area contributed by atoms with Crippen molar-refractivity contribution in [3.05, 3.63) is 42.2 Å². The third-order valence-corrected chi connectivity index (χ3v) is 3.90. The second-order valence-corrected chi connectivity index (χ2v) is 5.42. The van der Waals surface area contributed by atoms with E-state index in [0.717, 1.165) is 39.8 Å². The van der Waals surface area contributed by atoms with E-state index >= 15 is 0 Å². The summed E-state index contributed by atoms with van der Waals surface area (Å²) in [5.74, 6) is 3.25. The highest BCUT2D eigenvalue weighted by Gasteiger charge is 2.17. The monoisotopic (exact) mass is 311 g/mol. The van der Waals surface area contributed by atoms with E-state index in [1.807, 2.05) is 43.3 Å². The second-order valence-electron chi connectivity index (χ2n) is 5.42. The van der Waals surface area contributed by atoms with Gasteiger partial charge in [-0.2, -0.15) is 0 Å². The number of hydrogen-bond acceptors (Lipinski definition) is 5. The van der Waals surface area contributed by atoms with Crippen LogP contribution in [0.2, 0.25) is 0 Å². The van der Waals surface area contributed by atoms with E-state index in [1.165, 1.54) is 0 Å². The van der Waals surface area contributed by atoms with E-state index in [9.17, 15) is 0 Å². The van der Waals surface area contributed by atoms with E-state index in [0.29, 0.717) is 13.2 Å². The molecule has 0 atom stereocenters. The van der Waals surface area contributed by atoms with Crippen molar-refractivity contribution in [2.45, 2.75) is 13.5 Å². The molecule has 0 saturated carbocycles. The number of hydrogen-bond donors (Lipinski definition) is 1. The number of anilines is 1. The van der Waals surface area contributed by atoms with Crippen molar-refractivity contribution in [1.82, 2.24) is 9.55 Å². The van der Waals surface area contributed by atoms with E-state index < -0.39 is 0 Å². The molecule has 3 aromatic rings. The summed E-state index contributed by atoms with van der Waals surface area (Å²) >= 11 is 0. The summed E-state index contributed by atoms with van der Waals surface area (Å²) in [7, 11) is 0. The minimum atomic E-state index is 0.265. The maximum atomic E-state index is 5.77. The van der Waals surface area contributed by atoms with E-state index in [2.05, 4.69) is 9.55 Å². The van der Waals surface area contributed by atoms with Crippen LogP contribution in [0.3, 0.4) is 0 Å². The van der Waals surface area contributed by atoms with Gasteiger partial charge in [0.25, 0.3) is 0 Å². The molecule has 0 spiro atoms. The summed E-state index contributed by atoms with van der Waals surface area (Å²) < 4.78 is 18.7. The van der Waals surface area contributed by atoms with Gasteiger partial charge in [0.15, 0.2) is 11.5 Å². The normalized spacial score (nSPS) is 12.7. The number of ether oxygens (including phenoxy) is 3. The topological polar surface area (TPSA) is 71.5 Å². The number of nitrogen functional groups attached to an aromatic ring is 1. The third-order valence-electron chi connectivity index (χ3n) is 3.90. The maximum absolute atomic E-state index is 5.77. The Morgan fingerprint density at radius 3 is 2.70 bits per heavy atom. The first-order valence-corrected chi connectivity index (χ1v) is 7.45. The lowest BCUT2D eigenvalue weighted by Crippen LogP contribution is -2.09. The Labute approximate surface area is 133 Å². The number of nitrogens with zero attached hydrogens (tertiary/aromatic N) is 2. The van der Waals surface area contributed by atoms with E-state index in [4.69, 9.17) is 19.9 Å². The minimum absolute atomic E-state index is 0.265. The Hall–Kier alpha value is -2.89. The molecule has 1 aromatic heterocycles. The van der Waals surface area contributed by atoms with Crippen LogP contribution < -0.4 is 19.9 Å². The number of nitrogens with two attached hydrogens (primary N) is 1. The van der Waals surface area contributed by atoms with Crippen molar-refractivity contribution < 1.29 is 14.2 Å². The summed E-state index contributed by atoms with van der Waals surface area (Å²) in [6, 6.07) is 11.3. The summed E-state index contributed by atoms with van der Waals surface area (Å²) in [5.41, 5.74) is 8.32. The van der Waals surface area contributed by atoms with Gasteiger partial charge in [-0.25, -0.2) is 4.98 Å². The standard InChI is InChI=1S/C17H17N3O3/c1-11-19-14-8-16-17(23-10-22-16)9-15(14)20(11)6-7-21-13-4-2-12(18)3-5-13/h2-5,8-9H,6-7,10,18H2,1H3. The van der Waals surface area contributed by atoms with Gasteiger partial charge < -0.3 is 24.5 Å². The predicted molar refractivity (Wildman–Crippen MR) is 86.9 cm³/mol. The molecule has 2 heterocycles. The number of imidazole rings is 1. The van der Waals surface area contributed by atoms with Crippen LogP contribution in [0.15, 0.2) is 36.4 Å². The van der Waals surface area contributed by atoms with Gasteiger partial charge in [0.1, 0.15) is 18.2 Å². The molecule has 0 fully saturated rings. The lowest BCUT2D eigenvalue weighted by atomic mass is 10.2. The molecule has 0 amide bonds. The minimum Gasteiger partial charge on any atom is -0.492 e. The molecule has 0 saturated heterocycles.